The van der Waals surface area contributed by atoms with Crippen LogP contribution in [0.2, 0.25) is 0 Å². The predicted molar refractivity (Wildman–Crippen MR) is 116 cm³/mol. The van der Waals surface area contributed by atoms with Crippen molar-refractivity contribution in [2.45, 2.75) is 36.6 Å². The van der Waals surface area contributed by atoms with Crippen LogP contribution in [-0.2, 0) is 25.0 Å². The van der Waals surface area contributed by atoms with Crippen molar-refractivity contribution in [3.05, 3.63) is 79.4 Å². The van der Waals surface area contributed by atoms with Crippen LogP contribution in [0.5, 0.6) is 0 Å². The first-order valence-corrected chi connectivity index (χ1v) is 11.5. The number of hydrogen-bond donors (Lipinski definition) is 6. The molecule has 0 amide bonds. The van der Waals surface area contributed by atoms with Crippen molar-refractivity contribution in [1.29, 1.82) is 0 Å². The number of H-pyrrole nitrogens is 1. The van der Waals surface area contributed by atoms with E-state index in [0.29, 0.717) is 10.1 Å². The van der Waals surface area contributed by atoms with Crippen LogP contribution >= 0.6 is 7.75 Å². The largest absolute Gasteiger partial charge is 0.480 e. The van der Waals surface area contributed by atoms with Crippen molar-refractivity contribution in [2.24, 2.45) is 5.11 Å². The quantitative estimate of drug-likeness (QED) is 0.0994. The summed E-state index contributed by atoms with van der Waals surface area (Å²) in [6, 6.07) is 7.61. The van der Waals surface area contributed by atoms with Crippen molar-refractivity contribution in [1.82, 2.24) is 14.6 Å². The summed E-state index contributed by atoms with van der Waals surface area (Å²) in [5.41, 5.74) is 5.22. The molecule has 1 unspecified atom stereocenters. The molecule has 188 valence electrons. The third kappa shape index (κ3) is 6.03. The number of aromatic amines is 1. The van der Waals surface area contributed by atoms with Crippen LogP contribution in [-0.4, -0.2) is 66.3 Å². The van der Waals surface area contributed by atoms with Crippen molar-refractivity contribution in [3.63, 3.8) is 0 Å². The third-order valence-electron chi connectivity index (χ3n) is 5.09. The molecule has 6 atom stereocenters. The smallest absolute Gasteiger partial charge is 0.403 e. The molecule has 0 saturated carbocycles. The lowest BCUT2D eigenvalue weighted by molar-refractivity contribution is -0.139. The first-order chi connectivity index (χ1) is 16.5. The monoisotopic (exact) mass is 512 g/mol. The Morgan fingerprint density at radius 2 is 2.03 bits per heavy atom. The van der Waals surface area contributed by atoms with Gasteiger partial charge in [0.25, 0.3) is 5.56 Å². The molecule has 35 heavy (non-hydrogen) atoms. The molecule has 0 bridgehead atoms. The van der Waals surface area contributed by atoms with Crippen molar-refractivity contribution in [2.75, 3.05) is 6.61 Å². The van der Waals surface area contributed by atoms with E-state index in [1.807, 2.05) is 10.1 Å². The topological polar surface area (TPSA) is 249 Å². The molecule has 1 saturated heterocycles. The number of aliphatic carboxylic acids is 1. The van der Waals surface area contributed by atoms with Crippen LogP contribution in [0.1, 0.15) is 11.8 Å². The molecule has 0 spiro atoms. The molecule has 1 aromatic heterocycles. The zero-order valence-electron chi connectivity index (χ0n) is 17.7. The van der Waals surface area contributed by atoms with Gasteiger partial charge < -0.3 is 24.9 Å². The number of hydrogen-bond acceptors (Lipinski definition) is 9. The molecule has 17 heteroatoms. The first kappa shape index (κ1) is 26.3. The fourth-order valence-electron chi connectivity index (χ4n) is 3.38. The Balaban J connectivity index is 1.79. The Bertz CT molecular complexity index is 1280. The summed E-state index contributed by atoms with van der Waals surface area (Å²) in [5.74, 6) is -1.46. The summed E-state index contributed by atoms with van der Waals surface area (Å²) in [7, 11) is -4.92. The highest BCUT2D eigenvalue weighted by Gasteiger charge is 2.56. The minimum atomic E-state index is -4.92. The van der Waals surface area contributed by atoms with E-state index in [2.05, 4.69) is 10.0 Å². The van der Waals surface area contributed by atoms with Gasteiger partial charge >= 0.3 is 19.4 Å². The number of aromatic nitrogens is 2. The Kier molecular flexibility index (Phi) is 7.90. The van der Waals surface area contributed by atoms with E-state index >= 15 is 0 Å². The number of nitrogens with zero attached hydrogens (tertiary/aromatic N) is 4. The second-order valence-electron chi connectivity index (χ2n) is 7.50. The molecule has 1 aliphatic heterocycles. The van der Waals surface area contributed by atoms with Gasteiger partial charge in [-0.15, -0.1) is 0 Å². The Labute approximate surface area is 195 Å². The van der Waals surface area contributed by atoms with Gasteiger partial charge in [-0.1, -0.05) is 35.4 Å². The third-order valence-corrected chi connectivity index (χ3v) is 6.21. The molecule has 0 radical (unpaired) electrons. The molecular formula is C18H21N6O10P. The molecule has 2 aromatic rings. The van der Waals surface area contributed by atoms with Crippen molar-refractivity contribution >= 4 is 13.7 Å². The lowest BCUT2D eigenvalue weighted by atomic mass is 10.1. The number of benzene rings is 1. The van der Waals surface area contributed by atoms with E-state index in [1.165, 1.54) is 0 Å². The normalized spacial score (nSPS) is 26.4. The minimum Gasteiger partial charge on any atom is -0.480 e. The van der Waals surface area contributed by atoms with E-state index in [0.717, 1.165) is 12.3 Å². The number of carbonyl (C=O) groups is 1. The lowest BCUT2D eigenvalue weighted by Crippen LogP contribution is -2.45. The number of aliphatic hydroxyl groups is 2. The number of ether oxygens (including phenoxy) is 1. The average Bonchev–Trinajstić information content (AvgIpc) is 3.04. The molecule has 2 heterocycles. The summed E-state index contributed by atoms with van der Waals surface area (Å²) in [4.78, 5) is 49.5. The molecule has 1 aliphatic rings. The first-order valence-electron chi connectivity index (χ1n) is 9.91. The van der Waals surface area contributed by atoms with E-state index in [9.17, 15) is 39.2 Å². The zero-order chi connectivity index (χ0) is 25.8. The summed E-state index contributed by atoms with van der Waals surface area (Å²) in [6.07, 6.45) is -4.86. The molecule has 3 rings (SSSR count). The van der Waals surface area contributed by atoms with Gasteiger partial charge in [-0.05, 0) is 17.5 Å². The fourth-order valence-corrected chi connectivity index (χ4v) is 4.41. The van der Waals surface area contributed by atoms with Gasteiger partial charge in [-0.2, -0.15) is 0 Å². The van der Waals surface area contributed by atoms with Gasteiger partial charge in [-0.25, -0.2) is 14.4 Å². The van der Waals surface area contributed by atoms with Gasteiger partial charge in [-0.3, -0.25) is 23.7 Å². The summed E-state index contributed by atoms with van der Waals surface area (Å²) >= 11 is 0. The maximum Gasteiger partial charge on any atom is 0.403 e. The predicted octanol–water partition coefficient (Wildman–Crippen LogP) is -0.804. The second kappa shape index (κ2) is 10.5. The van der Waals surface area contributed by atoms with E-state index in [-0.39, 0.29) is 6.42 Å². The summed E-state index contributed by atoms with van der Waals surface area (Å²) < 4.78 is 23.5. The standard InChI is InChI=1S/C18H21N6O10P/c19-23-22-18(14(27)13(26)15(34-18)24-7-6-12(25)20-17(24)30)9-33-35(31,32)21-11(16(28)29)8-10-4-2-1-3-5-10/h1-7,11,13-15,26-27H,8-9H2,(H,28,29)(H,20,25,30)(H2,21,31,32)/t11-,13+,14-,15+,18+/m0/s1. The highest BCUT2D eigenvalue weighted by atomic mass is 31.2. The van der Waals surface area contributed by atoms with E-state index < -0.39 is 61.8 Å². The van der Waals surface area contributed by atoms with Gasteiger partial charge in [0.05, 0.1) is 6.61 Å². The summed E-state index contributed by atoms with van der Waals surface area (Å²) in [6.45, 7) is -1.12. The van der Waals surface area contributed by atoms with Crippen LogP contribution in [0, 0.1) is 0 Å². The SMILES string of the molecule is [N-]=[N+]=N[C@]1(COP(=O)(O)N[C@@H](Cc2ccccc2)C(=O)O)O[C@@H](n2ccc(=O)[nH]c2=O)[C@H](O)[C@@H]1O. The van der Waals surface area contributed by atoms with Crippen LogP contribution < -0.4 is 16.3 Å². The highest BCUT2D eigenvalue weighted by Crippen LogP contribution is 2.44. The van der Waals surface area contributed by atoms with E-state index in [4.69, 9.17) is 14.8 Å². The van der Waals surface area contributed by atoms with Gasteiger partial charge in [0.2, 0.25) is 5.72 Å². The minimum absolute atomic E-state index is 0.180. The Morgan fingerprint density at radius 1 is 1.34 bits per heavy atom. The van der Waals surface area contributed by atoms with Crippen LogP contribution in [0.3, 0.4) is 0 Å². The molecular weight excluding hydrogens is 491 g/mol. The fraction of sp³-hybridized carbons (Fsp3) is 0.389. The Morgan fingerprint density at radius 3 is 2.63 bits per heavy atom. The number of carboxylic acid groups (broad SMARTS) is 1. The molecule has 0 aliphatic carbocycles. The van der Waals surface area contributed by atoms with Crippen LogP contribution in [0.4, 0.5) is 0 Å². The van der Waals surface area contributed by atoms with Gasteiger partial charge in [0.1, 0.15) is 18.2 Å². The van der Waals surface area contributed by atoms with E-state index in [1.54, 1.807) is 30.3 Å². The number of azide groups is 1. The number of rotatable bonds is 10. The maximum atomic E-state index is 12.6. The number of carboxylic acids is 1. The molecule has 1 aromatic carbocycles. The zero-order valence-corrected chi connectivity index (χ0v) is 18.6. The maximum absolute atomic E-state index is 12.6. The highest BCUT2D eigenvalue weighted by molar-refractivity contribution is 7.50. The van der Waals surface area contributed by atoms with Gasteiger partial charge in [0.15, 0.2) is 6.23 Å². The number of nitrogens with one attached hydrogen (secondary N) is 2. The van der Waals surface area contributed by atoms with Gasteiger partial charge in [0, 0.05) is 17.2 Å². The number of aliphatic hydroxyl groups excluding tert-OH is 2. The van der Waals surface area contributed by atoms with Crippen LogP contribution in [0.25, 0.3) is 10.4 Å². The van der Waals surface area contributed by atoms with Crippen molar-refractivity contribution in [3.8, 4) is 0 Å². The average molecular weight is 512 g/mol. The van der Waals surface area contributed by atoms with Crippen LogP contribution in [0.15, 0.2) is 57.3 Å². The lowest BCUT2D eigenvalue weighted by Gasteiger charge is -2.28. The Hall–Kier alpha value is -3.33. The molecule has 1 fully saturated rings. The molecule has 16 nitrogen and oxygen atoms in total. The molecule has 6 N–H and O–H groups in total. The van der Waals surface area contributed by atoms with Crippen molar-refractivity contribution < 1.29 is 38.8 Å². The summed E-state index contributed by atoms with van der Waals surface area (Å²) in [5, 5.41) is 35.5. The second-order valence-corrected chi connectivity index (χ2v) is 9.06.